The molecule has 0 bridgehead atoms. The zero-order chi connectivity index (χ0) is 21.2. The van der Waals surface area contributed by atoms with Gasteiger partial charge in [0, 0.05) is 31.6 Å². The zero-order valence-electron chi connectivity index (χ0n) is 17.0. The highest BCUT2D eigenvalue weighted by Crippen LogP contribution is 2.23. The number of rotatable bonds is 6. The number of hydrogen-bond donors (Lipinski definition) is 0. The molecule has 0 aliphatic carbocycles. The Labute approximate surface area is 178 Å². The summed E-state index contributed by atoms with van der Waals surface area (Å²) in [6.45, 7) is 2.36. The summed E-state index contributed by atoms with van der Waals surface area (Å²) in [5.41, 5.74) is 3.48. The predicted octanol–water partition coefficient (Wildman–Crippen LogP) is 3.83. The van der Waals surface area contributed by atoms with Gasteiger partial charge in [0.25, 0.3) is 0 Å². The molecule has 3 heterocycles. The van der Waals surface area contributed by atoms with E-state index in [1.54, 1.807) is 18.5 Å². The van der Waals surface area contributed by atoms with E-state index in [0.717, 1.165) is 48.1 Å². The van der Waals surface area contributed by atoms with E-state index in [2.05, 4.69) is 15.1 Å². The minimum Gasteiger partial charge on any atom is -0.343 e. The van der Waals surface area contributed by atoms with Crippen LogP contribution in [-0.4, -0.2) is 43.6 Å². The third kappa shape index (κ3) is 4.19. The van der Waals surface area contributed by atoms with Gasteiger partial charge in [-0.1, -0.05) is 17.3 Å². The van der Waals surface area contributed by atoms with Crippen LogP contribution in [0.15, 0.2) is 53.3 Å². The number of carbonyl (C=O) groups is 1. The summed E-state index contributed by atoms with van der Waals surface area (Å²) >= 11 is 0. The SMILES string of the molecule is O=C(CCn1cnc2cc(-c3noc(Cc4ccc(F)cc4)n3)ccc21)N1CCCC1. The van der Waals surface area contributed by atoms with Crippen molar-refractivity contribution >= 4 is 16.9 Å². The molecule has 0 spiro atoms. The highest BCUT2D eigenvalue weighted by atomic mass is 19.1. The Bertz CT molecular complexity index is 1210. The quantitative estimate of drug-likeness (QED) is 0.475. The lowest BCUT2D eigenvalue weighted by atomic mass is 10.1. The Kier molecular flexibility index (Phi) is 5.19. The maximum absolute atomic E-state index is 13.1. The molecule has 0 unspecified atom stereocenters. The van der Waals surface area contributed by atoms with Crippen LogP contribution in [-0.2, 0) is 17.8 Å². The van der Waals surface area contributed by atoms with Crippen LogP contribution in [0.2, 0.25) is 0 Å². The van der Waals surface area contributed by atoms with Crippen molar-refractivity contribution in [2.75, 3.05) is 13.1 Å². The normalized spacial score (nSPS) is 13.9. The van der Waals surface area contributed by atoms with Gasteiger partial charge in [-0.3, -0.25) is 4.79 Å². The van der Waals surface area contributed by atoms with Gasteiger partial charge in [0.2, 0.25) is 17.6 Å². The molecule has 1 amide bonds. The molecule has 31 heavy (non-hydrogen) atoms. The summed E-state index contributed by atoms with van der Waals surface area (Å²) in [6, 6.07) is 12.0. The molecule has 1 saturated heterocycles. The van der Waals surface area contributed by atoms with Crippen LogP contribution in [0.25, 0.3) is 22.4 Å². The fourth-order valence-corrected chi connectivity index (χ4v) is 3.94. The molecule has 0 radical (unpaired) electrons. The number of hydrogen-bond acceptors (Lipinski definition) is 5. The van der Waals surface area contributed by atoms with E-state index < -0.39 is 0 Å². The van der Waals surface area contributed by atoms with Crippen LogP contribution in [0.5, 0.6) is 0 Å². The van der Waals surface area contributed by atoms with Crippen molar-refractivity contribution in [3.63, 3.8) is 0 Å². The Hall–Kier alpha value is -3.55. The van der Waals surface area contributed by atoms with E-state index in [9.17, 15) is 9.18 Å². The lowest BCUT2D eigenvalue weighted by molar-refractivity contribution is -0.130. The first-order valence-electron chi connectivity index (χ1n) is 10.5. The number of halogens is 1. The first-order valence-corrected chi connectivity index (χ1v) is 10.5. The number of aryl methyl sites for hydroxylation is 1. The van der Waals surface area contributed by atoms with Crippen LogP contribution in [0, 0.1) is 5.82 Å². The summed E-state index contributed by atoms with van der Waals surface area (Å²) in [5, 5.41) is 4.07. The lowest BCUT2D eigenvalue weighted by Crippen LogP contribution is -2.28. The topological polar surface area (TPSA) is 77.0 Å². The zero-order valence-corrected chi connectivity index (χ0v) is 17.0. The molecule has 1 fully saturated rings. The van der Waals surface area contributed by atoms with E-state index in [0.29, 0.717) is 31.1 Å². The molecule has 2 aromatic carbocycles. The summed E-state index contributed by atoms with van der Waals surface area (Å²) in [5.74, 6) is 0.880. The molecule has 2 aromatic heterocycles. The lowest BCUT2D eigenvalue weighted by Gasteiger charge is -2.15. The molecule has 158 valence electrons. The van der Waals surface area contributed by atoms with Gasteiger partial charge in [-0.25, -0.2) is 9.37 Å². The number of likely N-dealkylation sites (tertiary alicyclic amines) is 1. The number of amides is 1. The van der Waals surface area contributed by atoms with E-state index in [4.69, 9.17) is 4.52 Å². The molecule has 1 aliphatic rings. The summed E-state index contributed by atoms with van der Waals surface area (Å²) in [6.07, 6.45) is 4.89. The molecule has 0 saturated carbocycles. The highest BCUT2D eigenvalue weighted by Gasteiger charge is 2.18. The number of fused-ring (bicyclic) bond motifs is 1. The van der Waals surface area contributed by atoms with Crippen LogP contribution in [0.4, 0.5) is 4.39 Å². The Morgan fingerprint density at radius 3 is 2.71 bits per heavy atom. The number of benzene rings is 2. The second-order valence-electron chi connectivity index (χ2n) is 7.79. The molecule has 5 rings (SSSR count). The van der Waals surface area contributed by atoms with E-state index >= 15 is 0 Å². The predicted molar refractivity (Wildman–Crippen MR) is 113 cm³/mol. The minimum absolute atomic E-state index is 0.205. The number of imidazole rings is 1. The molecule has 0 atom stereocenters. The average molecular weight is 419 g/mol. The smallest absolute Gasteiger partial charge is 0.231 e. The fourth-order valence-electron chi connectivity index (χ4n) is 3.94. The molecule has 1 aliphatic heterocycles. The van der Waals surface area contributed by atoms with Gasteiger partial charge in [0.1, 0.15) is 5.82 Å². The number of nitrogens with zero attached hydrogens (tertiary/aromatic N) is 5. The van der Waals surface area contributed by atoms with Gasteiger partial charge in [0.15, 0.2) is 0 Å². The van der Waals surface area contributed by atoms with Gasteiger partial charge in [-0.2, -0.15) is 4.98 Å². The van der Waals surface area contributed by atoms with E-state index in [1.807, 2.05) is 27.7 Å². The van der Waals surface area contributed by atoms with Crippen LogP contribution >= 0.6 is 0 Å². The van der Waals surface area contributed by atoms with Crippen molar-refractivity contribution in [2.45, 2.75) is 32.2 Å². The van der Waals surface area contributed by atoms with Gasteiger partial charge >= 0.3 is 0 Å². The maximum Gasteiger partial charge on any atom is 0.231 e. The highest BCUT2D eigenvalue weighted by molar-refractivity contribution is 5.81. The number of carbonyl (C=O) groups excluding carboxylic acids is 1. The van der Waals surface area contributed by atoms with Gasteiger partial charge in [-0.15, -0.1) is 0 Å². The fraction of sp³-hybridized carbons (Fsp3) is 0.304. The second-order valence-corrected chi connectivity index (χ2v) is 7.79. The molecule has 7 nitrogen and oxygen atoms in total. The Balaban J connectivity index is 1.28. The largest absolute Gasteiger partial charge is 0.343 e. The first-order chi connectivity index (χ1) is 15.2. The third-order valence-electron chi connectivity index (χ3n) is 5.64. The summed E-state index contributed by atoms with van der Waals surface area (Å²) < 4.78 is 20.4. The van der Waals surface area contributed by atoms with Crippen LogP contribution < -0.4 is 0 Å². The van der Waals surface area contributed by atoms with Crippen molar-refractivity contribution in [3.05, 3.63) is 66.1 Å². The van der Waals surface area contributed by atoms with Crippen molar-refractivity contribution in [1.29, 1.82) is 0 Å². The van der Waals surface area contributed by atoms with Crippen molar-refractivity contribution in [1.82, 2.24) is 24.6 Å². The summed E-state index contributed by atoms with van der Waals surface area (Å²) in [7, 11) is 0. The number of aromatic nitrogens is 4. The van der Waals surface area contributed by atoms with Gasteiger partial charge in [-0.05, 0) is 48.7 Å². The first kappa shape index (κ1) is 19.4. The molecular weight excluding hydrogens is 397 g/mol. The van der Waals surface area contributed by atoms with Crippen molar-refractivity contribution in [3.8, 4) is 11.4 Å². The van der Waals surface area contributed by atoms with Gasteiger partial charge in [0.05, 0.1) is 23.8 Å². The standard InChI is InChI=1S/C23H22FN5O2/c24-18-6-3-16(4-7-18)13-21-26-23(27-31-21)17-5-8-20-19(14-17)25-15-29(20)12-9-22(30)28-10-1-2-11-28/h3-8,14-15H,1-2,9-13H2. The second kappa shape index (κ2) is 8.29. The van der Waals surface area contributed by atoms with Crippen molar-refractivity contribution in [2.24, 2.45) is 0 Å². The van der Waals surface area contributed by atoms with Gasteiger partial charge < -0.3 is 14.0 Å². The van der Waals surface area contributed by atoms with Crippen LogP contribution in [0.3, 0.4) is 0 Å². The average Bonchev–Trinajstić information content (AvgIpc) is 3.54. The monoisotopic (exact) mass is 419 g/mol. The Morgan fingerprint density at radius 1 is 1.10 bits per heavy atom. The molecular formula is C23H22FN5O2. The molecule has 4 aromatic rings. The minimum atomic E-state index is -0.275. The maximum atomic E-state index is 13.1. The molecule has 8 heteroatoms. The van der Waals surface area contributed by atoms with Crippen molar-refractivity contribution < 1.29 is 13.7 Å². The third-order valence-corrected chi connectivity index (χ3v) is 5.64. The molecule has 0 N–H and O–H groups in total. The summed E-state index contributed by atoms with van der Waals surface area (Å²) in [4.78, 5) is 23.2. The van der Waals surface area contributed by atoms with E-state index in [-0.39, 0.29) is 11.7 Å². The Morgan fingerprint density at radius 2 is 1.90 bits per heavy atom. The van der Waals surface area contributed by atoms with E-state index in [1.165, 1.54) is 12.1 Å². The van der Waals surface area contributed by atoms with Crippen LogP contribution in [0.1, 0.15) is 30.7 Å².